The fourth-order valence-electron chi connectivity index (χ4n) is 3.53. The number of amides is 1. The lowest BCUT2D eigenvalue weighted by Crippen LogP contribution is -2.48. The third-order valence-corrected chi connectivity index (χ3v) is 7.97. The lowest BCUT2D eigenvalue weighted by Gasteiger charge is -2.36. The van der Waals surface area contributed by atoms with Crippen LogP contribution in [-0.2, 0) is 14.8 Å². The van der Waals surface area contributed by atoms with Gasteiger partial charge in [0.1, 0.15) is 0 Å². The molecule has 156 valence electrons. The van der Waals surface area contributed by atoms with Gasteiger partial charge in [0.2, 0.25) is 15.9 Å². The van der Waals surface area contributed by atoms with Crippen molar-refractivity contribution in [1.82, 2.24) is 4.31 Å². The summed E-state index contributed by atoms with van der Waals surface area (Å²) in [6, 6.07) is 11.1. The SMILES string of the molecule is CSc1ccc(S(=O)(=O)N2CCN(c3cccc(C)c3C)CC2)cc1NC(C)=O. The highest BCUT2D eigenvalue weighted by molar-refractivity contribution is 7.98. The van der Waals surface area contributed by atoms with Crippen LogP contribution in [0.4, 0.5) is 11.4 Å². The molecule has 6 nitrogen and oxygen atoms in total. The van der Waals surface area contributed by atoms with Gasteiger partial charge in [-0.15, -0.1) is 11.8 Å². The van der Waals surface area contributed by atoms with Crippen molar-refractivity contribution in [3.63, 3.8) is 0 Å². The van der Waals surface area contributed by atoms with Crippen LogP contribution in [-0.4, -0.2) is 51.1 Å². The zero-order valence-electron chi connectivity index (χ0n) is 17.2. The molecule has 0 bridgehead atoms. The maximum atomic E-state index is 13.2. The average Bonchev–Trinajstić information content (AvgIpc) is 2.69. The molecule has 2 aromatic rings. The van der Waals surface area contributed by atoms with Crippen LogP contribution in [0, 0.1) is 13.8 Å². The van der Waals surface area contributed by atoms with Crippen molar-refractivity contribution in [2.45, 2.75) is 30.6 Å². The Morgan fingerprint density at radius 3 is 2.38 bits per heavy atom. The van der Waals surface area contributed by atoms with Crippen LogP contribution in [0.3, 0.4) is 0 Å². The molecule has 0 radical (unpaired) electrons. The molecule has 1 aliphatic rings. The Kier molecular flexibility index (Phi) is 6.55. The molecule has 1 saturated heterocycles. The maximum absolute atomic E-state index is 13.2. The molecule has 0 unspecified atom stereocenters. The topological polar surface area (TPSA) is 69.7 Å². The number of anilines is 2. The molecule has 0 aromatic heterocycles. The van der Waals surface area contributed by atoms with Crippen molar-refractivity contribution in [1.29, 1.82) is 0 Å². The molecule has 0 saturated carbocycles. The third-order valence-electron chi connectivity index (χ3n) is 5.27. The van der Waals surface area contributed by atoms with Gasteiger partial charge in [0, 0.05) is 43.7 Å². The minimum absolute atomic E-state index is 0.208. The van der Waals surface area contributed by atoms with Gasteiger partial charge in [0.05, 0.1) is 10.6 Å². The summed E-state index contributed by atoms with van der Waals surface area (Å²) >= 11 is 1.46. The zero-order chi connectivity index (χ0) is 21.2. The Morgan fingerprint density at radius 1 is 1.07 bits per heavy atom. The Bertz CT molecular complexity index is 1010. The van der Waals surface area contributed by atoms with Crippen LogP contribution in [0.5, 0.6) is 0 Å². The number of piperazine rings is 1. The summed E-state index contributed by atoms with van der Waals surface area (Å²) < 4.78 is 27.9. The molecule has 29 heavy (non-hydrogen) atoms. The number of thioether (sulfide) groups is 1. The highest BCUT2D eigenvalue weighted by Gasteiger charge is 2.29. The summed E-state index contributed by atoms with van der Waals surface area (Å²) in [7, 11) is -3.62. The van der Waals surface area contributed by atoms with Crippen molar-refractivity contribution in [2.75, 3.05) is 42.7 Å². The summed E-state index contributed by atoms with van der Waals surface area (Å²) in [5, 5.41) is 2.73. The van der Waals surface area contributed by atoms with Gasteiger partial charge in [-0.2, -0.15) is 4.31 Å². The van der Waals surface area contributed by atoms with E-state index in [4.69, 9.17) is 0 Å². The van der Waals surface area contributed by atoms with Gasteiger partial charge in [-0.25, -0.2) is 8.42 Å². The largest absolute Gasteiger partial charge is 0.369 e. The number of hydrogen-bond donors (Lipinski definition) is 1. The predicted octanol–water partition coefficient (Wildman–Crippen LogP) is 3.49. The lowest BCUT2D eigenvalue weighted by atomic mass is 10.1. The fourth-order valence-corrected chi connectivity index (χ4v) is 5.51. The van der Waals surface area contributed by atoms with E-state index in [0.717, 1.165) is 4.90 Å². The number of nitrogens with zero attached hydrogens (tertiary/aromatic N) is 2. The minimum Gasteiger partial charge on any atom is -0.369 e. The van der Waals surface area contributed by atoms with E-state index in [-0.39, 0.29) is 10.8 Å². The van der Waals surface area contributed by atoms with Crippen molar-refractivity contribution in [3.05, 3.63) is 47.5 Å². The molecule has 1 heterocycles. The number of aryl methyl sites for hydroxylation is 1. The second kappa shape index (κ2) is 8.77. The average molecular weight is 434 g/mol. The van der Waals surface area contributed by atoms with Crippen LogP contribution in [0.15, 0.2) is 46.2 Å². The Labute approximate surface area is 177 Å². The monoisotopic (exact) mass is 433 g/mol. The molecule has 8 heteroatoms. The van der Waals surface area contributed by atoms with Gasteiger partial charge in [-0.3, -0.25) is 4.79 Å². The first-order valence-electron chi connectivity index (χ1n) is 9.51. The number of carbonyl (C=O) groups excluding carboxylic acids is 1. The third kappa shape index (κ3) is 4.60. The van der Waals surface area contributed by atoms with Gasteiger partial charge in [-0.05, 0) is 55.5 Å². The molecule has 3 rings (SSSR count). The summed E-state index contributed by atoms with van der Waals surface area (Å²) in [4.78, 5) is 14.8. The molecule has 1 fully saturated rings. The highest BCUT2D eigenvalue weighted by atomic mass is 32.2. The van der Waals surface area contributed by atoms with Crippen molar-refractivity contribution >= 4 is 39.1 Å². The highest BCUT2D eigenvalue weighted by Crippen LogP contribution is 2.30. The first-order chi connectivity index (χ1) is 13.7. The molecule has 2 aromatic carbocycles. The van der Waals surface area contributed by atoms with E-state index in [1.54, 1.807) is 18.2 Å². The van der Waals surface area contributed by atoms with E-state index in [1.165, 1.54) is 39.8 Å². The van der Waals surface area contributed by atoms with Crippen LogP contribution in [0.2, 0.25) is 0 Å². The van der Waals surface area contributed by atoms with E-state index < -0.39 is 10.0 Å². The van der Waals surface area contributed by atoms with E-state index in [1.807, 2.05) is 12.3 Å². The van der Waals surface area contributed by atoms with E-state index in [2.05, 4.69) is 36.2 Å². The van der Waals surface area contributed by atoms with Gasteiger partial charge in [-0.1, -0.05) is 12.1 Å². The van der Waals surface area contributed by atoms with Gasteiger partial charge < -0.3 is 10.2 Å². The summed E-state index contributed by atoms with van der Waals surface area (Å²) in [6.45, 7) is 7.74. The predicted molar refractivity (Wildman–Crippen MR) is 119 cm³/mol. The first kappa shape index (κ1) is 21.7. The Morgan fingerprint density at radius 2 is 1.76 bits per heavy atom. The minimum atomic E-state index is -3.62. The van der Waals surface area contributed by atoms with Crippen molar-refractivity contribution in [3.8, 4) is 0 Å². The molecule has 0 aliphatic carbocycles. The fraction of sp³-hybridized carbons (Fsp3) is 0.381. The first-order valence-corrected chi connectivity index (χ1v) is 12.2. The number of carbonyl (C=O) groups is 1. The van der Waals surface area contributed by atoms with Crippen LogP contribution in [0.25, 0.3) is 0 Å². The normalized spacial score (nSPS) is 15.4. The summed E-state index contributed by atoms with van der Waals surface area (Å²) in [6.07, 6.45) is 1.89. The number of sulfonamides is 1. The molecule has 1 aliphatic heterocycles. The number of hydrogen-bond acceptors (Lipinski definition) is 5. The van der Waals surface area contributed by atoms with E-state index in [0.29, 0.717) is 31.9 Å². The van der Waals surface area contributed by atoms with E-state index >= 15 is 0 Å². The molecule has 1 amide bonds. The Hall–Kier alpha value is -2.03. The van der Waals surface area contributed by atoms with Gasteiger partial charge in [0.15, 0.2) is 0 Å². The quantitative estimate of drug-likeness (QED) is 0.731. The second-order valence-corrected chi connectivity index (χ2v) is 9.94. The lowest BCUT2D eigenvalue weighted by molar-refractivity contribution is -0.114. The van der Waals surface area contributed by atoms with Crippen LogP contribution < -0.4 is 10.2 Å². The number of nitrogens with one attached hydrogen (secondary N) is 1. The van der Waals surface area contributed by atoms with Crippen molar-refractivity contribution in [2.24, 2.45) is 0 Å². The molecule has 1 N–H and O–H groups in total. The van der Waals surface area contributed by atoms with Gasteiger partial charge >= 0.3 is 0 Å². The maximum Gasteiger partial charge on any atom is 0.243 e. The number of rotatable bonds is 5. The van der Waals surface area contributed by atoms with E-state index in [9.17, 15) is 13.2 Å². The molecule has 0 atom stereocenters. The molecular weight excluding hydrogens is 406 g/mol. The molecule has 0 spiro atoms. The summed E-state index contributed by atoms with van der Waals surface area (Å²) in [5.74, 6) is -0.225. The summed E-state index contributed by atoms with van der Waals surface area (Å²) in [5.41, 5.74) is 4.16. The number of benzene rings is 2. The van der Waals surface area contributed by atoms with Gasteiger partial charge in [0.25, 0.3) is 0 Å². The van der Waals surface area contributed by atoms with Crippen LogP contribution in [0.1, 0.15) is 18.1 Å². The standard InChI is InChI=1S/C21H27N3O3S2/c1-15-6-5-7-20(16(15)2)23-10-12-24(13-11-23)29(26,27)18-8-9-21(28-4)19(14-18)22-17(3)25/h5-9,14H,10-13H2,1-4H3,(H,22,25). The smallest absolute Gasteiger partial charge is 0.243 e. The molecular formula is C21H27N3O3S2. The zero-order valence-corrected chi connectivity index (χ0v) is 18.9. The van der Waals surface area contributed by atoms with Crippen molar-refractivity contribution < 1.29 is 13.2 Å². The Balaban J connectivity index is 1.79. The second-order valence-electron chi connectivity index (χ2n) is 7.15. The van der Waals surface area contributed by atoms with Crippen LogP contribution >= 0.6 is 11.8 Å².